The van der Waals surface area contributed by atoms with Gasteiger partial charge in [0, 0.05) is 31.2 Å². The molecule has 0 spiro atoms. The summed E-state index contributed by atoms with van der Waals surface area (Å²) in [5.74, 6) is 0.732. The summed E-state index contributed by atoms with van der Waals surface area (Å²) < 4.78 is 32.0. The molecule has 2 N–H and O–H groups in total. The molecule has 2 amide bonds. The number of nitrogens with zero attached hydrogens (tertiary/aromatic N) is 1. The average Bonchev–Trinajstić information content (AvgIpc) is 2.73. The van der Waals surface area contributed by atoms with E-state index < -0.39 is 10.0 Å². The topological polar surface area (TPSA) is 87.7 Å². The number of amides is 2. The highest BCUT2D eigenvalue weighted by Gasteiger charge is 2.28. The van der Waals surface area contributed by atoms with Gasteiger partial charge in [0.05, 0.1) is 12.9 Å². The van der Waals surface area contributed by atoms with Crippen molar-refractivity contribution >= 4 is 16.1 Å². The second-order valence-electron chi connectivity index (χ2n) is 7.05. The molecule has 2 aromatic rings. The highest BCUT2D eigenvalue weighted by atomic mass is 32.2. The number of hydrogen-bond acceptors (Lipinski definition) is 4. The highest BCUT2D eigenvalue weighted by Crippen LogP contribution is 2.18. The summed E-state index contributed by atoms with van der Waals surface area (Å²) in [4.78, 5) is 12.2. The molecule has 7 nitrogen and oxygen atoms in total. The van der Waals surface area contributed by atoms with Crippen molar-refractivity contribution in [3.05, 3.63) is 65.7 Å². The van der Waals surface area contributed by atoms with Gasteiger partial charge < -0.3 is 15.4 Å². The Morgan fingerprint density at radius 3 is 2.41 bits per heavy atom. The fourth-order valence-corrected chi connectivity index (χ4v) is 4.98. The minimum absolute atomic E-state index is 0.00529. The lowest BCUT2D eigenvalue weighted by atomic mass is 10.1. The summed E-state index contributed by atoms with van der Waals surface area (Å²) in [7, 11) is -1.76. The number of rotatable bonds is 7. The van der Waals surface area contributed by atoms with Crippen LogP contribution < -0.4 is 15.4 Å². The van der Waals surface area contributed by atoms with E-state index in [-0.39, 0.29) is 17.8 Å². The van der Waals surface area contributed by atoms with Gasteiger partial charge in [0.15, 0.2) is 0 Å². The predicted molar refractivity (Wildman–Crippen MR) is 112 cm³/mol. The molecule has 3 rings (SSSR count). The number of hydrogen-bond donors (Lipinski definition) is 2. The minimum Gasteiger partial charge on any atom is -0.496 e. The van der Waals surface area contributed by atoms with Crippen LogP contribution >= 0.6 is 0 Å². The van der Waals surface area contributed by atoms with Gasteiger partial charge in [0.1, 0.15) is 5.75 Å². The quantitative estimate of drug-likeness (QED) is 0.725. The molecule has 2 aromatic carbocycles. The van der Waals surface area contributed by atoms with Gasteiger partial charge in [0.2, 0.25) is 10.0 Å². The molecule has 0 atom stereocenters. The first kappa shape index (κ1) is 21.1. The second kappa shape index (κ2) is 9.76. The fraction of sp³-hybridized carbons (Fsp3) is 0.381. The molecule has 29 heavy (non-hydrogen) atoms. The maximum absolute atomic E-state index is 12.6. The molecule has 1 saturated heterocycles. The summed E-state index contributed by atoms with van der Waals surface area (Å²) in [6.07, 6.45) is 1.19. The van der Waals surface area contributed by atoms with Crippen LogP contribution in [-0.4, -0.2) is 45.0 Å². The van der Waals surface area contributed by atoms with Gasteiger partial charge in [0.25, 0.3) is 0 Å². The van der Waals surface area contributed by atoms with Gasteiger partial charge in [-0.3, -0.25) is 0 Å². The van der Waals surface area contributed by atoms with Crippen molar-refractivity contribution in [1.82, 2.24) is 14.9 Å². The van der Waals surface area contributed by atoms with Crippen LogP contribution in [0.15, 0.2) is 54.6 Å². The van der Waals surface area contributed by atoms with Crippen LogP contribution in [0.1, 0.15) is 24.0 Å². The van der Waals surface area contributed by atoms with Crippen LogP contribution in [0.5, 0.6) is 5.75 Å². The van der Waals surface area contributed by atoms with Crippen molar-refractivity contribution < 1.29 is 17.9 Å². The van der Waals surface area contributed by atoms with Gasteiger partial charge in [-0.05, 0) is 24.5 Å². The van der Waals surface area contributed by atoms with Gasteiger partial charge in [-0.1, -0.05) is 48.5 Å². The number of piperidine rings is 1. The second-order valence-corrected chi connectivity index (χ2v) is 9.02. The zero-order valence-corrected chi connectivity index (χ0v) is 17.3. The lowest BCUT2D eigenvalue weighted by Crippen LogP contribution is -2.49. The van der Waals surface area contributed by atoms with Crippen molar-refractivity contribution in [2.75, 3.05) is 20.2 Å². The Labute approximate surface area is 172 Å². The van der Waals surface area contributed by atoms with Crippen LogP contribution in [0.4, 0.5) is 4.79 Å². The normalized spacial score (nSPS) is 15.6. The molecule has 1 heterocycles. The van der Waals surface area contributed by atoms with Crippen molar-refractivity contribution in [2.45, 2.75) is 31.2 Å². The van der Waals surface area contributed by atoms with Crippen molar-refractivity contribution in [1.29, 1.82) is 0 Å². The van der Waals surface area contributed by atoms with E-state index in [0.29, 0.717) is 32.5 Å². The maximum Gasteiger partial charge on any atom is 0.315 e. The molecule has 0 bridgehead atoms. The molecule has 0 aromatic heterocycles. The van der Waals surface area contributed by atoms with Gasteiger partial charge >= 0.3 is 6.03 Å². The van der Waals surface area contributed by atoms with Crippen LogP contribution in [0.3, 0.4) is 0 Å². The number of para-hydroxylation sites is 1. The zero-order valence-electron chi connectivity index (χ0n) is 16.5. The lowest BCUT2D eigenvalue weighted by molar-refractivity contribution is 0.227. The molecular weight excluding hydrogens is 390 g/mol. The molecule has 1 aliphatic rings. The summed E-state index contributed by atoms with van der Waals surface area (Å²) in [6.45, 7) is 1.18. The van der Waals surface area contributed by atoms with Crippen molar-refractivity contribution in [2.24, 2.45) is 0 Å². The van der Waals surface area contributed by atoms with Crippen LogP contribution in [-0.2, 0) is 22.3 Å². The number of carbonyl (C=O) groups excluding carboxylic acids is 1. The minimum atomic E-state index is -3.35. The molecule has 0 unspecified atom stereocenters. The number of nitrogens with one attached hydrogen (secondary N) is 2. The zero-order chi connectivity index (χ0) is 20.7. The standard InChI is InChI=1S/C21H27N3O4S/c1-28-20-10-6-5-9-18(20)15-22-21(25)23-19-11-13-24(14-12-19)29(26,27)16-17-7-3-2-4-8-17/h2-10,19H,11-16H2,1H3,(H2,22,23,25). The molecule has 0 aliphatic carbocycles. The third kappa shape index (κ3) is 5.95. The molecule has 0 saturated carbocycles. The first-order chi connectivity index (χ1) is 14.0. The van der Waals surface area contributed by atoms with E-state index in [1.54, 1.807) is 7.11 Å². The first-order valence-electron chi connectivity index (χ1n) is 9.66. The van der Waals surface area contributed by atoms with Gasteiger partial charge in [-0.25, -0.2) is 17.5 Å². The molecule has 1 fully saturated rings. The van der Waals surface area contributed by atoms with E-state index in [9.17, 15) is 13.2 Å². The third-order valence-corrected chi connectivity index (χ3v) is 6.86. The van der Waals surface area contributed by atoms with Crippen LogP contribution in [0.25, 0.3) is 0 Å². The monoisotopic (exact) mass is 417 g/mol. The lowest BCUT2D eigenvalue weighted by Gasteiger charge is -2.31. The fourth-order valence-electron chi connectivity index (χ4n) is 3.42. The molecule has 1 aliphatic heterocycles. The Morgan fingerprint density at radius 2 is 1.72 bits per heavy atom. The molecule has 156 valence electrons. The Bertz CT molecular complexity index is 911. The van der Waals surface area contributed by atoms with E-state index >= 15 is 0 Å². The highest BCUT2D eigenvalue weighted by molar-refractivity contribution is 7.88. The Morgan fingerprint density at radius 1 is 1.07 bits per heavy atom. The number of urea groups is 1. The smallest absolute Gasteiger partial charge is 0.315 e. The number of benzene rings is 2. The first-order valence-corrected chi connectivity index (χ1v) is 11.3. The molecule has 0 radical (unpaired) electrons. The summed E-state index contributed by atoms with van der Waals surface area (Å²) in [5.41, 5.74) is 1.68. The number of ether oxygens (including phenoxy) is 1. The Balaban J connectivity index is 1.45. The Kier molecular flexibility index (Phi) is 7.11. The van der Waals surface area contributed by atoms with E-state index in [0.717, 1.165) is 16.9 Å². The van der Waals surface area contributed by atoms with E-state index in [1.807, 2.05) is 54.6 Å². The summed E-state index contributed by atoms with van der Waals surface area (Å²) in [5, 5.41) is 5.77. The number of sulfonamides is 1. The molecule has 8 heteroatoms. The average molecular weight is 418 g/mol. The maximum atomic E-state index is 12.6. The summed E-state index contributed by atoms with van der Waals surface area (Å²) in [6, 6.07) is 16.4. The third-order valence-electron chi connectivity index (χ3n) is 5.01. The largest absolute Gasteiger partial charge is 0.496 e. The van der Waals surface area contributed by atoms with Crippen molar-refractivity contribution in [3.63, 3.8) is 0 Å². The summed E-state index contributed by atoms with van der Waals surface area (Å²) >= 11 is 0. The SMILES string of the molecule is COc1ccccc1CNC(=O)NC1CCN(S(=O)(=O)Cc2ccccc2)CC1. The van der Waals surface area contributed by atoms with Gasteiger partial charge in [-0.2, -0.15) is 0 Å². The van der Waals surface area contributed by atoms with E-state index in [4.69, 9.17) is 4.74 Å². The Hall–Kier alpha value is -2.58. The predicted octanol–water partition coefficient (Wildman–Crippen LogP) is 2.49. The van der Waals surface area contributed by atoms with Gasteiger partial charge in [-0.15, -0.1) is 0 Å². The molecular formula is C21H27N3O4S. The number of carbonyl (C=O) groups is 1. The van der Waals surface area contributed by atoms with E-state index in [2.05, 4.69) is 10.6 Å². The van der Waals surface area contributed by atoms with Crippen molar-refractivity contribution in [3.8, 4) is 5.75 Å². The number of methoxy groups -OCH3 is 1. The van der Waals surface area contributed by atoms with Crippen LogP contribution in [0.2, 0.25) is 0 Å². The van der Waals surface area contributed by atoms with E-state index in [1.165, 1.54) is 4.31 Å². The van der Waals surface area contributed by atoms with Crippen LogP contribution in [0, 0.1) is 0 Å².